The summed E-state index contributed by atoms with van der Waals surface area (Å²) in [6.07, 6.45) is 5.26. The Balaban J connectivity index is 1.25. The van der Waals surface area contributed by atoms with Gasteiger partial charge in [-0.3, -0.25) is 14.5 Å². The van der Waals surface area contributed by atoms with Gasteiger partial charge >= 0.3 is 0 Å². The Morgan fingerprint density at radius 1 is 1.11 bits per heavy atom. The molecule has 1 amide bonds. The van der Waals surface area contributed by atoms with Gasteiger partial charge in [-0.25, -0.2) is 4.98 Å². The van der Waals surface area contributed by atoms with Crippen molar-refractivity contribution in [3.05, 3.63) is 94.8 Å². The van der Waals surface area contributed by atoms with Crippen molar-refractivity contribution in [2.75, 3.05) is 13.1 Å². The molecule has 0 saturated carbocycles. The second-order valence-electron chi connectivity index (χ2n) is 9.30. The first-order chi connectivity index (χ1) is 17.0. The average molecular weight is 470 g/mol. The molecule has 2 aliphatic heterocycles. The standard InChI is InChI=1S/C27H27N5O3/c33-26-23-7-3-18(14-20(23)15-30-26)24-8-4-19(25-29-11-12-32(24)25)13-17-1-5-21(6-2-17)27(34,35)31-22-9-10-28-16-22/h1-8,11-12,14,22,28,31,34-35H,9-10,13,15-16H2,(H,30,33). The minimum absolute atomic E-state index is 0.0216. The second-order valence-corrected chi connectivity index (χ2v) is 9.30. The van der Waals surface area contributed by atoms with Crippen molar-refractivity contribution in [2.45, 2.75) is 31.3 Å². The maximum atomic E-state index is 11.9. The SMILES string of the molecule is O=C1NCc2cc(-c3ccc(Cc4ccc(C(O)(O)NC5CCNC5)cc4)c4nccn34)ccc21. The maximum absolute atomic E-state index is 11.9. The number of imidazole rings is 1. The van der Waals surface area contributed by atoms with E-state index in [4.69, 9.17) is 0 Å². The van der Waals surface area contributed by atoms with E-state index in [1.54, 1.807) is 18.3 Å². The summed E-state index contributed by atoms with van der Waals surface area (Å²) >= 11 is 0. The van der Waals surface area contributed by atoms with Gasteiger partial charge in [0.15, 0.2) is 0 Å². The van der Waals surface area contributed by atoms with Gasteiger partial charge in [-0.1, -0.05) is 36.4 Å². The molecule has 5 N–H and O–H groups in total. The summed E-state index contributed by atoms with van der Waals surface area (Å²) in [7, 11) is 0. The van der Waals surface area contributed by atoms with Crippen LogP contribution in [0.4, 0.5) is 0 Å². The summed E-state index contributed by atoms with van der Waals surface area (Å²) in [6.45, 7) is 2.15. The van der Waals surface area contributed by atoms with Crippen molar-refractivity contribution in [3.8, 4) is 11.3 Å². The van der Waals surface area contributed by atoms with Crippen molar-refractivity contribution < 1.29 is 15.0 Å². The summed E-state index contributed by atoms with van der Waals surface area (Å²) in [4.78, 5) is 16.5. The van der Waals surface area contributed by atoms with Crippen LogP contribution in [0.15, 0.2) is 67.0 Å². The minimum atomic E-state index is -2.07. The topological polar surface area (TPSA) is 111 Å². The van der Waals surface area contributed by atoms with Gasteiger partial charge in [0.25, 0.3) is 11.8 Å². The summed E-state index contributed by atoms with van der Waals surface area (Å²) in [6, 6.07) is 17.4. The van der Waals surface area contributed by atoms with Crippen LogP contribution >= 0.6 is 0 Å². The molecule has 0 bridgehead atoms. The Hall–Kier alpha value is -3.56. The molecule has 35 heavy (non-hydrogen) atoms. The number of carbonyl (C=O) groups excluding carboxylic acids is 1. The van der Waals surface area contributed by atoms with E-state index in [9.17, 15) is 15.0 Å². The minimum Gasteiger partial charge on any atom is -0.350 e. The summed E-state index contributed by atoms with van der Waals surface area (Å²) < 4.78 is 2.07. The van der Waals surface area contributed by atoms with Crippen LogP contribution in [0.3, 0.4) is 0 Å². The molecule has 8 heteroatoms. The number of amides is 1. The Kier molecular flexibility index (Phi) is 5.38. The first-order valence-corrected chi connectivity index (χ1v) is 11.9. The molecular formula is C27H27N5O3. The lowest BCUT2D eigenvalue weighted by atomic mass is 10.0. The van der Waals surface area contributed by atoms with Crippen molar-refractivity contribution in [2.24, 2.45) is 0 Å². The van der Waals surface area contributed by atoms with E-state index in [1.807, 2.05) is 30.5 Å². The zero-order valence-corrected chi connectivity index (χ0v) is 19.2. The predicted molar refractivity (Wildman–Crippen MR) is 132 cm³/mol. The molecular weight excluding hydrogens is 442 g/mol. The van der Waals surface area contributed by atoms with Gasteiger partial charge in [-0.2, -0.15) is 0 Å². The Labute approximate surface area is 202 Å². The largest absolute Gasteiger partial charge is 0.350 e. The van der Waals surface area contributed by atoms with Crippen LogP contribution in [0.1, 0.15) is 39.0 Å². The van der Waals surface area contributed by atoms with Crippen LogP contribution in [0.25, 0.3) is 16.9 Å². The highest BCUT2D eigenvalue weighted by Crippen LogP contribution is 2.28. The number of hydrogen-bond donors (Lipinski definition) is 5. The lowest BCUT2D eigenvalue weighted by molar-refractivity contribution is -0.200. The Morgan fingerprint density at radius 2 is 1.97 bits per heavy atom. The average Bonchev–Trinajstić information content (AvgIpc) is 3.61. The first-order valence-electron chi connectivity index (χ1n) is 11.9. The fourth-order valence-corrected chi connectivity index (χ4v) is 5.06. The van der Waals surface area contributed by atoms with E-state index < -0.39 is 5.91 Å². The van der Waals surface area contributed by atoms with E-state index in [2.05, 4.69) is 43.5 Å². The summed E-state index contributed by atoms with van der Waals surface area (Å²) in [5, 5.41) is 30.1. The quantitative estimate of drug-likeness (QED) is 0.276. The highest BCUT2D eigenvalue weighted by atomic mass is 16.5. The van der Waals surface area contributed by atoms with Crippen LogP contribution in [0, 0.1) is 0 Å². The van der Waals surface area contributed by atoms with Gasteiger partial charge in [0, 0.05) is 49.1 Å². The van der Waals surface area contributed by atoms with E-state index in [0.29, 0.717) is 18.5 Å². The molecule has 2 aromatic carbocycles. The molecule has 0 aliphatic carbocycles. The van der Waals surface area contributed by atoms with Crippen molar-refractivity contribution in [1.82, 2.24) is 25.3 Å². The van der Waals surface area contributed by atoms with E-state index >= 15 is 0 Å². The molecule has 0 radical (unpaired) electrons. The van der Waals surface area contributed by atoms with Gasteiger partial charge in [0.1, 0.15) is 5.65 Å². The van der Waals surface area contributed by atoms with Gasteiger partial charge in [0.2, 0.25) is 0 Å². The predicted octanol–water partition coefficient (Wildman–Crippen LogP) is 1.88. The number of rotatable bonds is 6. The van der Waals surface area contributed by atoms with Crippen LogP contribution in [0.5, 0.6) is 0 Å². The molecule has 6 rings (SSSR count). The van der Waals surface area contributed by atoms with Crippen molar-refractivity contribution >= 4 is 11.6 Å². The molecule has 0 spiro atoms. The van der Waals surface area contributed by atoms with E-state index in [1.165, 1.54) is 0 Å². The van der Waals surface area contributed by atoms with Gasteiger partial charge in [-0.05, 0) is 53.4 Å². The molecule has 2 aliphatic rings. The highest BCUT2D eigenvalue weighted by molar-refractivity contribution is 5.98. The van der Waals surface area contributed by atoms with Crippen molar-refractivity contribution in [1.29, 1.82) is 0 Å². The number of pyridine rings is 1. The third-order valence-corrected chi connectivity index (χ3v) is 6.93. The lowest BCUT2D eigenvalue weighted by Gasteiger charge is -2.27. The third kappa shape index (κ3) is 4.11. The zero-order chi connectivity index (χ0) is 24.0. The van der Waals surface area contributed by atoms with Gasteiger partial charge in [0.05, 0.1) is 5.69 Å². The number of fused-ring (bicyclic) bond motifs is 2. The molecule has 1 saturated heterocycles. The zero-order valence-electron chi connectivity index (χ0n) is 19.2. The number of aliphatic hydroxyl groups is 2. The molecule has 4 aromatic rings. The van der Waals surface area contributed by atoms with Gasteiger partial charge < -0.3 is 20.8 Å². The summed E-state index contributed by atoms with van der Waals surface area (Å²) in [5.41, 5.74) is 7.19. The monoisotopic (exact) mass is 469 g/mol. The molecule has 8 nitrogen and oxygen atoms in total. The molecule has 178 valence electrons. The number of nitrogens with one attached hydrogen (secondary N) is 3. The Bertz CT molecular complexity index is 1400. The first kappa shape index (κ1) is 21.9. The van der Waals surface area contributed by atoms with Crippen LogP contribution < -0.4 is 16.0 Å². The maximum Gasteiger partial charge on any atom is 0.251 e. The molecule has 4 heterocycles. The smallest absolute Gasteiger partial charge is 0.251 e. The third-order valence-electron chi connectivity index (χ3n) is 6.93. The fourth-order valence-electron chi connectivity index (χ4n) is 5.06. The second kappa shape index (κ2) is 8.58. The number of hydrogen-bond acceptors (Lipinski definition) is 6. The Morgan fingerprint density at radius 3 is 2.77 bits per heavy atom. The fraction of sp³-hybridized carbons (Fsp3) is 0.259. The van der Waals surface area contributed by atoms with Gasteiger partial charge in [-0.15, -0.1) is 0 Å². The van der Waals surface area contributed by atoms with Crippen LogP contribution in [-0.2, 0) is 18.9 Å². The van der Waals surface area contributed by atoms with E-state index in [-0.39, 0.29) is 11.9 Å². The van der Waals surface area contributed by atoms with E-state index in [0.717, 1.165) is 58.7 Å². The molecule has 1 unspecified atom stereocenters. The normalized spacial score (nSPS) is 17.7. The molecule has 1 fully saturated rings. The number of benzene rings is 2. The number of carbonyl (C=O) groups is 1. The van der Waals surface area contributed by atoms with Crippen molar-refractivity contribution in [3.63, 3.8) is 0 Å². The molecule has 2 aromatic heterocycles. The lowest BCUT2D eigenvalue weighted by Crippen LogP contribution is -2.48. The molecule has 1 atom stereocenters. The van der Waals surface area contributed by atoms with Crippen LogP contribution in [-0.4, -0.2) is 44.6 Å². The highest BCUT2D eigenvalue weighted by Gasteiger charge is 2.30. The van der Waals surface area contributed by atoms with Crippen LogP contribution in [0.2, 0.25) is 0 Å². The number of aromatic nitrogens is 2. The number of nitrogens with zero attached hydrogens (tertiary/aromatic N) is 2. The summed E-state index contributed by atoms with van der Waals surface area (Å²) in [5.74, 6) is -2.09.